The summed E-state index contributed by atoms with van der Waals surface area (Å²) in [4.78, 5) is 27.7. The third kappa shape index (κ3) is 4.97. The Kier molecular flexibility index (Phi) is 7.17. The quantitative estimate of drug-likeness (QED) is 0.463. The van der Waals surface area contributed by atoms with Crippen molar-refractivity contribution in [3.8, 4) is 0 Å². The van der Waals surface area contributed by atoms with Crippen LogP contribution in [0.3, 0.4) is 0 Å². The van der Waals surface area contributed by atoms with Gasteiger partial charge in [0.1, 0.15) is 0 Å². The van der Waals surface area contributed by atoms with Crippen molar-refractivity contribution < 1.29 is 14.3 Å². The molecule has 0 spiro atoms. The Labute approximate surface area is 196 Å². The topological polar surface area (TPSA) is 51.5 Å². The van der Waals surface area contributed by atoms with Crippen LogP contribution in [0.1, 0.15) is 55.7 Å². The summed E-state index contributed by atoms with van der Waals surface area (Å²) in [5.41, 5.74) is 4.72. The molecule has 5 heteroatoms. The number of carbonyl (C=O) groups is 2. The van der Waals surface area contributed by atoms with Gasteiger partial charge in [-0.1, -0.05) is 48.0 Å². The number of nitrogens with zero attached hydrogens (tertiary/aromatic N) is 2. The molecule has 2 aromatic carbocycles. The summed E-state index contributed by atoms with van der Waals surface area (Å²) >= 11 is 0. The van der Waals surface area contributed by atoms with Gasteiger partial charge in [-0.15, -0.1) is 0 Å². The second kappa shape index (κ2) is 10.2. The molecule has 2 atom stereocenters. The lowest BCUT2D eigenvalue weighted by Crippen LogP contribution is -2.43. The van der Waals surface area contributed by atoms with Crippen LogP contribution in [0.25, 0.3) is 10.9 Å². The van der Waals surface area contributed by atoms with Crippen LogP contribution in [0.15, 0.2) is 54.7 Å². The molecule has 1 aromatic heterocycles. The molecule has 5 nitrogen and oxygen atoms in total. The molecule has 33 heavy (non-hydrogen) atoms. The summed E-state index contributed by atoms with van der Waals surface area (Å²) in [5.74, 6) is -0.347. The van der Waals surface area contributed by atoms with Crippen LogP contribution >= 0.6 is 0 Å². The molecule has 0 aliphatic carbocycles. The minimum Gasteiger partial charge on any atom is -0.466 e. The Bertz CT molecular complexity index is 1130. The number of esters is 1. The number of rotatable bonds is 7. The van der Waals surface area contributed by atoms with E-state index >= 15 is 0 Å². The summed E-state index contributed by atoms with van der Waals surface area (Å²) in [6.45, 7) is 8.46. The van der Waals surface area contributed by atoms with E-state index in [0.717, 1.165) is 24.9 Å². The Morgan fingerprint density at radius 2 is 1.94 bits per heavy atom. The van der Waals surface area contributed by atoms with Crippen LogP contribution in [0.4, 0.5) is 0 Å². The number of ether oxygens (including phenoxy) is 1. The van der Waals surface area contributed by atoms with E-state index in [0.29, 0.717) is 26.1 Å². The van der Waals surface area contributed by atoms with E-state index in [-0.39, 0.29) is 23.7 Å². The lowest BCUT2D eigenvalue weighted by Gasteiger charge is -2.32. The van der Waals surface area contributed by atoms with Crippen LogP contribution < -0.4 is 0 Å². The Morgan fingerprint density at radius 3 is 2.70 bits per heavy atom. The van der Waals surface area contributed by atoms with Gasteiger partial charge in [0.15, 0.2) is 0 Å². The number of hydrogen-bond donors (Lipinski definition) is 0. The van der Waals surface area contributed by atoms with Gasteiger partial charge < -0.3 is 14.2 Å². The van der Waals surface area contributed by atoms with E-state index in [2.05, 4.69) is 73.1 Å². The van der Waals surface area contributed by atoms with Gasteiger partial charge in [-0.2, -0.15) is 0 Å². The highest BCUT2D eigenvalue weighted by Crippen LogP contribution is 2.36. The second-order valence-corrected chi connectivity index (χ2v) is 8.99. The minimum atomic E-state index is -0.220. The van der Waals surface area contributed by atoms with Gasteiger partial charge >= 0.3 is 5.97 Å². The van der Waals surface area contributed by atoms with Crippen molar-refractivity contribution in [2.24, 2.45) is 5.92 Å². The van der Waals surface area contributed by atoms with Crippen LogP contribution in [0, 0.1) is 12.8 Å². The summed E-state index contributed by atoms with van der Waals surface area (Å²) in [5, 5.41) is 1.20. The molecule has 3 aromatic rings. The molecule has 2 unspecified atom stereocenters. The average Bonchev–Trinajstić information content (AvgIpc) is 3.21. The molecular formula is C28H34N2O3. The highest BCUT2D eigenvalue weighted by atomic mass is 16.5. The fourth-order valence-corrected chi connectivity index (χ4v) is 5.07. The first-order valence-electron chi connectivity index (χ1n) is 12.1. The van der Waals surface area contributed by atoms with Crippen LogP contribution in [0.5, 0.6) is 0 Å². The molecule has 0 bridgehead atoms. The van der Waals surface area contributed by atoms with E-state index in [1.165, 1.54) is 22.0 Å². The molecule has 0 saturated carbocycles. The zero-order valence-corrected chi connectivity index (χ0v) is 19.9. The number of aryl methyl sites for hydroxylation is 2. The van der Waals surface area contributed by atoms with Gasteiger partial charge in [0.25, 0.3) is 0 Å². The number of benzene rings is 2. The first-order chi connectivity index (χ1) is 16.0. The van der Waals surface area contributed by atoms with Gasteiger partial charge in [0, 0.05) is 49.1 Å². The Hall–Kier alpha value is -3.08. The van der Waals surface area contributed by atoms with E-state index in [1.54, 1.807) is 0 Å². The van der Waals surface area contributed by atoms with Crippen molar-refractivity contribution in [2.75, 3.05) is 19.7 Å². The zero-order valence-electron chi connectivity index (χ0n) is 19.9. The van der Waals surface area contributed by atoms with Crippen LogP contribution in [0.2, 0.25) is 0 Å². The maximum absolute atomic E-state index is 13.5. The number of carbonyl (C=O) groups excluding carboxylic acids is 2. The predicted octanol–water partition coefficient (Wildman–Crippen LogP) is 5.29. The van der Waals surface area contributed by atoms with E-state index in [1.807, 2.05) is 11.8 Å². The monoisotopic (exact) mass is 446 g/mol. The number of piperidine rings is 1. The third-order valence-corrected chi connectivity index (χ3v) is 6.75. The molecule has 1 amide bonds. The zero-order chi connectivity index (χ0) is 23.4. The van der Waals surface area contributed by atoms with Gasteiger partial charge in [0.2, 0.25) is 5.91 Å². The second-order valence-electron chi connectivity index (χ2n) is 8.99. The lowest BCUT2D eigenvalue weighted by molar-refractivity contribution is -0.151. The molecule has 1 aliphatic heterocycles. The largest absolute Gasteiger partial charge is 0.466 e. The maximum atomic E-state index is 13.5. The smallest absolute Gasteiger partial charge is 0.310 e. The van der Waals surface area contributed by atoms with Crippen molar-refractivity contribution in [1.29, 1.82) is 0 Å². The SMILES string of the molecule is CCOC(=O)C1CCCN(C(=O)CC(c2cccc(C)c2)c2cn(CC)c3ccccc23)C1. The minimum absolute atomic E-state index is 0.0435. The summed E-state index contributed by atoms with van der Waals surface area (Å²) in [6.07, 6.45) is 4.21. The fourth-order valence-electron chi connectivity index (χ4n) is 5.07. The summed E-state index contributed by atoms with van der Waals surface area (Å²) in [6, 6.07) is 16.9. The number of likely N-dealkylation sites (tertiary alicyclic amines) is 1. The molecule has 0 radical (unpaired) electrons. The van der Waals surface area contributed by atoms with Crippen molar-refractivity contribution >= 4 is 22.8 Å². The maximum Gasteiger partial charge on any atom is 0.310 e. The molecule has 2 heterocycles. The number of fused-ring (bicyclic) bond motifs is 1. The summed E-state index contributed by atoms with van der Waals surface area (Å²) in [7, 11) is 0. The number of para-hydroxylation sites is 1. The van der Waals surface area contributed by atoms with Gasteiger partial charge in [-0.05, 0) is 50.8 Å². The molecule has 1 aliphatic rings. The van der Waals surface area contributed by atoms with Crippen molar-refractivity contribution in [1.82, 2.24) is 9.47 Å². The predicted molar refractivity (Wildman–Crippen MR) is 131 cm³/mol. The van der Waals surface area contributed by atoms with Crippen LogP contribution in [-0.2, 0) is 20.9 Å². The van der Waals surface area contributed by atoms with Crippen LogP contribution in [-0.4, -0.2) is 41.0 Å². The standard InChI is InChI=1S/C28H34N2O3/c1-4-29-19-25(23-13-6-7-14-26(23)29)24(21-11-8-10-20(3)16-21)17-27(31)30-15-9-12-22(18-30)28(32)33-5-2/h6-8,10-11,13-14,16,19,22,24H,4-5,9,12,15,17-18H2,1-3H3. The number of amides is 1. The first-order valence-corrected chi connectivity index (χ1v) is 12.1. The molecular weight excluding hydrogens is 412 g/mol. The van der Waals surface area contributed by atoms with Crippen molar-refractivity contribution in [3.63, 3.8) is 0 Å². The lowest BCUT2D eigenvalue weighted by atomic mass is 9.86. The normalized spacial score (nSPS) is 17.2. The number of aromatic nitrogens is 1. The highest BCUT2D eigenvalue weighted by Gasteiger charge is 2.31. The summed E-state index contributed by atoms with van der Waals surface area (Å²) < 4.78 is 7.49. The van der Waals surface area contributed by atoms with E-state index in [9.17, 15) is 9.59 Å². The Morgan fingerprint density at radius 1 is 1.12 bits per heavy atom. The van der Waals surface area contributed by atoms with E-state index < -0.39 is 0 Å². The Balaban J connectivity index is 1.66. The number of hydrogen-bond acceptors (Lipinski definition) is 3. The molecule has 0 N–H and O–H groups in total. The van der Waals surface area contributed by atoms with Gasteiger partial charge in [-0.25, -0.2) is 0 Å². The van der Waals surface area contributed by atoms with Crippen molar-refractivity contribution in [3.05, 3.63) is 71.4 Å². The van der Waals surface area contributed by atoms with Gasteiger partial charge in [-0.3, -0.25) is 9.59 Å². The highest BCUT2D eigenvalue weighted by molar-refractivity contribution is 5.87. The molecule has 1 saturated heterocycles. The fraction of sp³-hybridized carbons (Fsp3) is 0.429. The van der Waals surface area contributed by atoms with E-state index in [4.69, 9.17) is 4.74 Å². The first kappa shape index (κ1) is 23.1. The molecule has 4 rings (SSSR count). The van der Waals surface area contributed by atoms with Crippen molar-refractivity contribution in [2.45, 2.75) is 52.5 Å². The molecule has 1 fully saturated rings. The van der Waals surface area contributed by atoms with Gasteiger partial charge in [0.05, 0.1) is 12.5 Å². The molecule has 174 valence electrons. The average molecular weight is 447 g/mol. The third-order valence-electron chi connectivity index (χ3n) is 6.75.